The molecule has 0 saturated carbocycles. The van der Waals surface area contributed by atoms with Crippen LogP contribution in [0.3, 0.4) is 0 Å². The number of amides is 1. The molecule has 0 radical (unpaired) electrons. The molecule has 140 valence electrons. The average molecular weight is 376 g/mol. The van der Waals surface area contributed by atoms with Crippen LogP contribution in [0, 0.1) is 0 Å². The lowest BCUT2D eigenvalue weighted by Crippen LogP contribution is -2.40. The highest BCUT2D eigenvalue weighted by Gasteiger charge is 2.22. The zero-order chi connectivity index (χ0) is 19.4. The molecule has 0 heterocycles. The fourth-order valence-corrected chi connectivity index (χ4v) is 3.79. The third kappa shape index (κ3) is 5.66. The van der Waals surface area contributed by atoms with Crippen molar-refractivity contribution < 1.29 is 17.9 Å². The van der Waals surface area contributed by atoms with Crippen LogP contribution in [0.5, 0.6) is 0 Å². The van der Waals surface area contributed by atoms with Crippen LogP contribution in [0.25, 0.3) is 0 Å². The van der Waals surface area contributed by atoms with Gasteiger partial charge in [-0.15, -0.1) is 0 Å². The Labute approximate surface area is 154 Å². The highest BCUT2D eigenvalue weighted by atomic mass is 32.2. The molecule has 0 bridgehead atoms. The molecule has 26 heavy (non-hydrogen) atoms. The first-order chi connectivity index (χ1) is 12.1. The maximum absolute atomic E-state index is 12.4. The molecule has 6 nitrogen and oxygen atoms in total. The Bertz CT molecular complexity index is 869. The van der Waals surface area contributed by atoms with Gasteiger partial charge in [-0.2, -0.15) is 0 Å². The van der Waals surface area contributed by atoms with Gasteiger partial charge in [-0.25, -0.2) is 13.1 Å². The molecule has 0 spiro atoms. The van der Waals surface area contributed by atoms with E-state index in [2.05, 4.69) is 10.0 Å². The molecule has 2 N–H and O–H groups in total. The Morgan fingerprint density at radius 1 is 1.08 bits per heavy atom. The van der Waals surface area contributed by atoms with E-state index in [1.54, 1.807) is 52.1 Å². The fourth-order valence-electron chi connectivity index (χ4n) is 2.33. The molecule has 0 aliphatic heterocycles. The molecule has 0 saturated heterocycles. The number of hydrogen-bond donors (Lipinski definition) is 2. The number of ether oxygens (including phenoxy) is 1. The zero-order valence-electron chi connectivity index (χ0n) is 15.4. The van der Waals surface area contributed by atoms with Crippen molar-refractivity contribution in [3.63, 3.8) is 0 Å². The van der Waals surface area contributed by atoms with Gasteiger partial charge in [0.05, 0.1) is 11.5 Å². The van der Waals surface area contributed by atoms with Gasteiger partial charge in [0, 0.05) is 23.9 Å². The number of benzene rings is 2. The summed E-state index contributed by atoms with van der Waals surface area (Å²) < 4.78 is 32.5. The molecule has 2 aromatic carbocycles. The number of nitrogens with one attached hydrogen (secondary N) is 2. The Balaban J connectivity index is 2.16. The molecule has 0 aromatic heterocycles. The average Bonchev–Trinajstić information content (AvgIpc) is 2.54. The lowest BCUT2D eigenvalue weighted by Gasteiger charge is -2.20. The van der Waals surface area contributed by atoms with E-state index in [1.807, 2.05) is 12.1 Å². The zero-order valence-corrected chi connectivity index (χ0v) is 16.2. The molecule has 7 heteroatoms. The van der Waals surface area contributed by atoms with Crippen molar-refractivity contribution in [3.8, 4) is 0 Å². The predicted octanol–water partition coefficient (Wildman–Crippen LogP) is 3.16. The second-order valence-corrected chi connectivity index (χ2v) is 8.65. The van der Waals surface area contributed by atoms with Crippen LogP contribution in [0.2, 0.25) is 0 Å². The molecule has 2 rings (SSSR count). The van der Waals surface area contributed by atoms with Crippen LogP contribution in [-0.4, -0.2) is 27.0 Å². The van der Waals surface area contributed by atoms with Crippen molar-refractivity contribution in [1.82, 2.24) is 4.72 Å². The lowest BCUT2D eigenvalue weighted by atomic mass is 10.1. The Morgan fingerprint density at radius 3 is 2.31 bits per heavy atom. The quantitative estimate of drug-likeness (QED) is 0.811. The minimum atomic E-state index is -3.67. The smallest absolute Gasteiger partial charge is 0.255 e. The molecular formula is C19H24N2O4S. The number of sulfonamides is 1. The maximum atomic E-state index is 12.4. The van der Waals surface area contributed by atoms with Crippen molar-refractivity contribution in [2.45, 2.75) is 37.8 Å². The normalized spacial score (nSPS) is 12.0. The van der Waals surface area contributed by atoms with Gasteiger partial charge in [0.2, 0.25) is 10.0 Å². The number of carbonyl (C=O) groups excluding carboxylic acids is 1. The van der Waals surface area contributed by atoms with E-state index in [0.717, 1.165) is 5.56 Å². The summed E-state index contributed by atoms with van der Waals surface area (Å²) in [6.45, 7) is 5.78. The Hall–Kier alpha value is -2.22. The first-order valence-corrected chi connectivity index (χ1v) is 9.62. The SMILES string of the molecule is COCc1ccc(C(=O)Nc2cccc(S(=O)(=O)NC(C)(C)C)c2)cc1. The van der Waals surface area contributed by atoms with E-state index in [4.69, 9.17) is 4.74 Å². The van der Waals surface area contributed by atoms with Crippen molar-refractivity contribution in [3.05, 3.63) is 59.7 Å². The summed E-state index contributed by atoms with van der Waals surface area (Å²) in [6, 6.07) is 13.2. The van der Waals surface area contributed by atoms with Crippen molar-refractivity contribution in [2.24, 2.45) is 0 Å². The minimum absolute atomic E-state index is 0.0978. The summed E-state index contributed by atoms with van der Waals surface area (Å²) >= 11 is 0. The molecule has 1 amide bonds. The van der Waals surface area contributed by atoms with Gasteiger partial charge in [-0.1, -0.05) is 18.2 Å². The van der Waals surface area contributed by atoms with Gasteiger partial charge >= 0.3 is 0 Å². The summed E-state index contributed by atoms with van der Waals surface area (Å²) in [5.74, 6) is -0.313. The standard InChI is InChI=1S/C19H24N2O4S/c1-19(2,3)21-26(23,24)17-7-5-6-16(12-17)20-18(22)15-10-8-14(9-11-15)13-25-4/h5-12,21H,13H2,1-4H3,(H,20,22). The van der Waals surface area contributed by atoms with Gasteiger partial charge in [0.15, 0.2) is 0 Å². The first-order valence-electron chi connectivity index (χ1n) is 8.14. The summed E-state index contributed by atoms with van der Waals surface area (Å²) in [7, 11) is -2.06. The summed E-state index contributed by atoms with van der Waals surface area (Å²) in [6.07, 6.45) is 0. The van der Waals surface area contributed by atoms with Crippen LogP contribution < -0.4 is 10.0 Å². The van der Waals surface area contributed by atoms with Crippen LogP contribution >= 0.6 is 0 Å². The minimum Gasteiger partial charge on any atom is -0.380 e. The topological polar surface area (TPSA) is 84.5 Å². The van der Waals surface area contributed by atoms with E-state index >= 15 is 0 Å². The Morgan fingerprint density at radius 2 is 1.73 bits per heavy atom. The molecule has 0 aliphatic carbocycles. The fraction of sp³-hybridized carbons (Fsp3) is 0.316. The second-order valence-electron chi connectivity index (χ2n) is 6.97. The van der Waals surface area contributed by atoms with E-state index in [-0.39, 0.29) is 10.8 Å². The Kier molecular flexibility index (Phi) is 6.17. The number of hydrogen-bond acceptors (Lipinski definition) is 4. The highest BCUT2D eigenvalue weighted by molar-refractivity contribution is 7.89. The van der Waals surface area contributed by atoms with Crippen LogP contribution in [0.15, 0.2) is 53.4 Å². The summed E-state index contributed by atoms with van der Waals surface area (Å²) in [5, 5.41) is 2.72. The maximum Gasteiger partial charge on any atom is 0.255 e. The molecule has 2 aromatic rings. The number of methoxy groups -OCH3 is 1. The molecular weight excluding hydrogens is 352 g/mol. The highest BCUT2D eigenvalue weighted by Crippen LogP contribution is 2.18. The van der Waals surface area contributed by atoms with Crippen LogP contribution in [-0.2, 0) is 21.4 Å². The van der Waals surface area contributed by atoms with Crippen molar-refractivity contribution >= 4 is 21.6 Å². The van der Waals surface area contributed by atoms with E-state index in [0.29, 0.717) is 17.9 Å². The van der Waals surface area contributed by atoms with E-state index < -0.39 is 15.6 Å². The number of anilines is 1. The van der Waals surface area contributed by atoms with E-state index in [1.165, 1.54) is 12.1 Å². The third-order valence-corrected chi connectivity index (χ3v) is 5.13. The second kappa shape index (κ2) is 7.99. The monoisotopic (exact) mass is 376 g/mol. The van der Waals surface area contributed by atoms with Gasteiger partial charge in [0.1, 0.15) is 0 Å². The van der Waals surface area contributed by atoms with Gasteiger partial charge in [-0.05, 0) is 56.7 Å². The first kappa shape index (κ1) is 20.1. The van der Waals surface area contributed by atoms with Gasteiger partial charge < -0.3 is 10.1 Å². The van der Waals surface area contributed by atoms with Crippen molar-refractivity contribution in [1.29, 1.82) is 0 Å². The molecule has 0 atom stereocenters. The lowest BCUT2D eigenvalue weighted by molar-refractivity contribution is 0.102. The largest absolute Gasteiger partial charge is 0.380 e. The van der Waals surface area contributed by atoms with E-state index in [9.17, 15) is 13.2 Å². The third-order valence-electron chi connectivity index (χ3n) is 3.37. The summed E-state index contributed by atoms with van der Waals surface area (Å²) in [4.78, 5) is 12.5. The predicted molar refractivity (Wildman–Crippen MR) is 102 cm³/mol. The molecule has 0 unspecified atom stereocenters. The number of carbonyl (C=O) groups is 1. The summed E-state index contributed by atoms with van der Waals surface area (Å²) in [5.41, 5.74) is 1.26. The number of rotatable bonds is 6. The van der Waals surface area contributed by atoms with Crippen molar-refractivity contribution in [2.75, 3.05) is 12.4 Å². The van der Waals surface area contributed by atoms with Crippen LogP contribution in [0.4, 0.5) is 5.69 Å². The van der Waals surface area contributed by atoms with Crippen LogP contribution in [0.1, 0.15) is 36.7 Å². The molecule has 0 aliphatic rings. The van der Waals surface area contributed by atoms with Gasteiger partial charge in [-0.3, -0.25) is 4.79 Å². The molecule has 0 fully saturated rings. The van der Waals surface area contributed by atoms with Gasteiger partial charge in [0.25, 0.3) is 5.91 Å².